The number of carbonyl (C=O) groups excluding carboxylic acids is 1. The highest BCUT2D eigenvalue weighted by Gasteiger charge is 2.31. The molecule has 7 heteroatoms. The Morgan fingerprint density at radius 2 is 1.94 bits per heavy atom. The van der Waals surface area contributed by atoms with Gasteiger partial charge in [-0.05, 0) is 48.5 Å². The van der Waals surface area contributed by atoms with Crippen molar-refractivity contribution >= 4 is 24.0 Å². The maximum absolute atomic E-state index is 13.4. The Kier molecular flexibility index (Phi) is 5.66. The minimum absolute atomic E-state index is 0.0639. The largest absolute Gasteiger partial charge is 0.507 e. The Bertz CT molecular complexity index is 1130. The van der Waals surface area contributed by atoms with Gasteiger partial charge in [-0.2, -0.15) is 0 Å². The van der Waals surface area contributed by atoms with Crippen molar-refractivity contribution in [1.82, 2.24) is 0 Å². The van der Waals surface area contributed by atoms with Crippen LogP contribution in [0.2, 0.25) is 0 Å². The van der Waals surface area contributed by atoms with Gasteiger partial charge in [0, 0.05) is 17.8 Å². The van der Waals surface area contributed by atoms with Crippen molar-refractivity contribution in [1.29, 1.82) is 0 Å². The van der Waals surface area contributed by atoms with Gasteiger partial charge in [-0.1, -0.05) is 36.4 Å². The van der Waals surface area contributed by atoms with Gasteiger partial charge in [-0.25, -0.2) is 8.78 Å². The molecule has 1 amide bonds. The van der Waals surface area contributed by atoms with Gasteiger partial charge in [0.2, 0.25) is 0 Å². The number of nitrogens with zero attached hydrogens (tertiary/aromatic N) is 2. The van der Waals surface area contributed by atoms with E-state index < -0.39 is 23.6 Å². The fourth-order valence-corrected chi connectivity index (χ4v) is 3.62. The van der Waals surface area contributed by atoms with E-state index in [1.807, 2.05) is 42.5 Å². The summed E-state index contributed by atoms with van der Waals surface area (Å²) in [4.78, 5) is 18.8. The highest BCUT2D eigenvalue weighted by atomic mass is 19.3. The van der Waals surface area contributed by atoms with E-state index in [0.29, 0.717) is 24.3 Å². The number of aromatic hydroxyl groups is 1. The quantitative estimate of drug-likeness (QED) is 0.538. The van der Waals surface area contributed by atoms with Crippen molar-refractivity contribution in [3.63, 3.8) is 0 Å². The molecule has 5 nitrogen and oxygen atoms in total. The van der Waals surface area contributed by atoms with Crippen LogP contribution in [0.15, 0.2) is 65.7 Å². The molecule has 1 aliphatic heterocycles. The van der Waals surface area contributed by atoms with Crippen LogP contribution in [0.3, 0.4) is 0 Å². The number of aliphatic imine (C=N–C) groups is 1. The number of anilines is 1. The normalized spacial score (nSPS) is 12.7. The average molecular weight is 422 g/mol. The number of carbonyl (C=O) groups is 1. The molecule has 3 aromatic rings. The molecule has 1 heterocycles. The summed E-state index contributed by atoms with van der Waals surface area (Å²) in [6.45, 7) is 3.96. The number of hydrogen-bond acceptors (Lipinski definition) is 4. The summed E-state index contributed by atoms with van der Waals surface area (Å²) < 4.78 is 32.4. The lowest BCUT2D eigenvalue weighted by Crippen LogP contribution is -2.29. The van der Waals surface area contributed by atoms with Gasteiger partial charge in [-0.15, -0.1) is 0 Å². The van der Waals surface area contributed by atoms with Crippen LogP contribution in [0, 0.1) is 0 Å². The molecule has 3 aromatic carbocycles. The molecule has 1 N–H and O–H groups in total. The van der Waals surface area contributed by atoms with Crippen molar-refractivity contribution in [2.75, 3.05) is 11.4 Å². The van der Waals surface area contributed by atoms with Crippen LogP contribution in [0.5, 0.6) is 11.5 Å². The Labute approximate surface area is 178 Å². The van der Waals surface area contributed by atoms with E-state index in [1.54, 1.807) is 6.07 Å². The number of benzene rings is 3. The van der Waals surface area contributed by atoms with Crippen LogP contribution >= 0.6 is 0 Å². The zero-order valence-corrected chi connectivity index (χ0v) is 16.6. The minimum Gasteiger partial charge on any atom is -0.507 e. The zero-order valence-electron chi connectivity index (χ0n) is 16.6. The van der Waals surface area contributed by atoms with Crippen molar-refractivity contribution in [2.24, 2.45) is 4.99 Å². The maximum Gasteiger partial charge on any atom is 0.265 e. The minimum atomic E-state index is -2.82. The lowest BCUT2D eigenvalue weighted by atomic mass is 10.1. The van der Waals surface area contributed by atoms with Crippen LogP contribution in [0.1, 0.15) is 33.5 Å². The molecule has 0 fully saturated rings. The first kappa shape index (κ1) is 20.5. The summed E-state index contributed by atoms with van der Waals surface area (Å²) >= 11 is 0. The fourth-order valence-electron chi connectivity index (χ4n) is 3.62. The smallest absolute Gasteiger partial charge is 0.265 e. The first-order valence-corrected chi connectivity index (χ1v) is 9.71. The van der Waals surface area contributed by atoms with Crippen molar-refractivity contribution in [3.05, 3.63) is 82.9 Å². The molecule has 0 atom stereocenters. The number of ether oxygens (including phenoxy) is 1. The highest BCUT2D eigenvalue weighted by molar-refractivity contribution is 6.11. The number of halogens is 2. The molecule has 0 aromatic heterocycles. The Balaban J connectivity index is 1.72. The second kappa shape index (κ2) is 8.55. The lowest BCUT2D eigenvalue weighted by Gasteiger charge is -2.21. The number of fused-ring (bicyclic) bond motifs is 1. The Morgan fingerprint density at radius 1 is 1.16 bits per heavy atom. The SMILES string of the molecule is C=Nc1ccc2c(c1)N(C(=O)c1c(O)cc(C(F)F)cc1OCc1ccccc1)CC2. The van der Waals surface area contributed by atoms with Crippen LogP contribution < -0.4 is 9.64 Å². The topological polar surface area (TPSA) is 62.1 Å². The molecular weight excluding hydrogens is 402 g/mol. The Hall–Kier alpha value is -3.74. The Morgan fingerprint density at radius 3 is 2.65 bits per heavy atom. The summed E-state index contributed by atoms with van der Waals surface area (Å²) in [5, 5.41) is 10.5. The van der Waals surface area contributed by atoms with E-state index in [2.05, 4.69) is 11.7 Å². The van der Waals surface area contributed by atoms with Crippen LogP contribution in [0.25, 0.3) is 0 Å². The molecule has 0 saturated carbocycles. The molecule has 4 rings (SSSR count). The molecule has 0 spiro atoms. The predicted molar refractivity (Wildman–Crippen MR) is 115 cm³/mol. The molecule has 0 saturated heterocycles. The monoisotopic (exact) mass is 422 g/mol. The summed E-state index contributed by atoms with van der Waals surface area (Å²) in [5.74, 6) is -1.16. The third-order valence-corrected chi connectivity index (χ3v) is 5.20. The fraction of sp³-hybridized carbons (Fsp3) is 0.167. The predicted octanol–water partition coefficient (Wildman–Crippen LogP) is 5.44. The van der Waals surface area contributed by atoms with E-state index in [1.165, 1.54) is 4.90 Å². The number of hydrogen-bond donors (Lipinski definition) is 1. The van der Waals surface area contributed by atoms with Crippen molar-refractivity contribution < 1.29 is 23.4 Å². The summed E-state index contributed by atoms with van der Waals surface area (Å²) in [7, 11) is 0. The van der Waals surface area contributed by atoms with Gasteiger partial charge in [0.1, 0.15) is 23.7 Å². The van der Waals surface area contributed by atoms with E-state index in [4.69, 9.17) is 4.74 Å². The lowest BCUT2D eigenvalue weighted by molar-refractivity contribution is 0.0981. The average Bonchev–Trinajstić information content (AvgIpc) is 3.20. The zero-order chi connectivity index (χ0) is 22.0. The van der Waals surface area contributed by atoms with E-state index in [-0.39, 0.29) is 17.9 Å². The molecule has 1 aliphatic rings. The van der Waals surface area contributed by atoms with Gasteiger partial charge >= 0.3 is 0 Å². The molecule has 0 bridgehead atoms. The molecule has 31 heavy (non-hydrogen) atoms. The van der Waals surface area contributed by atoms with Gasteiger partial charge in [0.15, 0.2) is 0 Å². The number of phenols is 1. The standard InChI is InChI=1S/C24H20F2N2O3/c1-27-18-8-7-16-9-10-28(19(16)13-18)24(30)22-20(29)11-17(23(25)26)12-21(22)31-14-15-5-3-2-4-6-15/h2-8,11-13,23,29H,1,9-10,14H2. The van der Waals surface area contributed by atoms with Crippen LogP contribution in [0.4, 0.5) is 20.2 Å². The third kappa shape index (κ3) is 4.12. The first-order valence-electron chi connectivity index (χ1n) is 9.71. The van der Waals surface area contributed by atoms with E-state index in [9.17, 15) is 18.7 Å². The molecule has 0 unspecified atom stereocenters. The number of rotatable bonds is 6. The second-order valence-corrected chi connectivity index (χ2v) is 7.17. The summed E-state index contributed by atoms with van der Waals surface area (Å²) in [5.41, 5.74) is 2.45. The number of amides is 1. The van der Waals surface area contributed by atoms with Gasteiger partial charge < -0.3 is 14.7 Å². The molecular formula is C24H20F2N2O3. The number of phenolic OH excluding ortho intramolecular Hbond substituents is 1. The van der Waals surface area contributed by atoms with Crippen molar-refractivity contribution in [2.45, 2.75) is 19.5 Å². The molecule has 158 valence electrons. The van der Waals surface area contributed by atoms with Crippen LogP contribution in [-0.2, 0) is 13.0 Å². The highest BCUT2D eigenvalue weighted by Crippen LogP contribution is 2.39. The summed E-state index contributed by atoms with van der Waals surface area (Å²) in [6.07, 6.45) is -2.18. The molecule has 0 radical (unpaired) electrons. The van der Waals surface area contributed by atoms with Crippen LogP contribution in [-0.4, -0.2) is 24.3 Å². The van der Waals surface area contributed by atoms with Gasteiger partial charge in [-0.3, -0.25) is 9.79 Å². The summed E-state index contributed by atoms with van der Waals surface area (Å²) in [6, 6.07) is 16.6. The first-order chi connectivity index (χ1) is 15.0. The maximum atomic E-state index is 13.4. The number of alkyl halides is 2. The second-order valence-electron chi connectivity index (χ2n) is 7.17. The van der Waals surface area contributed by atoms with Gasteiger partial charge in [0.05, 0.1) is 5.69 Å². The van der Waals surface area contributed by atoms with Gasteiger partial charge in [0.25, 0.3) is 12.3 Å². The van der Waals surface area contributed by atoms with Crippen molar-refractivity contribution in [3.8, 4) is 11.5 Å². The molecule has 0 aliphatic carbocycles. The van der Waals surface area contributed by atoms with E-state index >= 15 is 0 Å². The third-order valence-electron chi connectivity index (χ3n) is 5.20. The van der Waals surface area contributed by atoms with E-state index in [0.717, 1.165) is 23.3 Å².